The average molecular weight is 365 g/mol. The number of carboxylic acids is 1. The zero-order chi connectivity index (χ0) is 19.5. The molecule has 26 heavy (non-hydrogen) atoms. The van der Waals surface area contributed by atoms with E-state index < -0.39 is 12.6 Å². The van der Waals surface area contributed by atoms with Crippen molar-refractivity contribution in [2.45, 2.75) is 26.7 Å². The first kappa shape index (κ1) is 20.9. The molecule has 0 bridgehead atoms. The highest BCUT2D eigenvalue weighted by Gasteiger charge is 2.09. The molecule has 0 aliphatic rings. The number of ether oxygens (including phenoxy) is 1. The van der Waals surface area contributed by atoms with E-state index in [1.807, 2.05) is 0 Å². The number of aryl methyl sites for hydroxylation is 1. The Morgan fingerprint density at radius 3 is 2.31 bits per heavy atom. The lowest BCUT2D eigenvalue weighted by molar-refractivity contribution is -0.139. The van der Waals surface area contributed by atoms with Crippen LogP contribution in [-0.4, -0.2) is 48.5 Å². The molecule has 3 amide bonds. The Morgan fingerprint density at radius 1 is 1.04 bits per heavy atom. The third-order valence-electron chi connectivity index (χ3n) is 3.23. The summed E-state index contributed by atoms with van der Waals surface area (Å²) < 4.78 is 5.06. The Morgan fingerprint density at radius 2 is 1.69 bits per heavy atom. The molecule has 0 aliphatic heterocycles. The van der Waals surface area contributed by atoms with Crippen molar-refractivity contribution in [3.63, 3.8) is 0 Å². The Bertz CT molecular complexity index is 674. The van der Waals surface area contributed by atoms with Crippen molar-refractivity contribution >= 4 is 29.4 Å². The summed E-state index contributed by atoms with van der Waals surface area (Å²) in [6.45, 7) is 3.33. The minimum absolute atomic E-state index is 0.0165. The van der Waals surface area contributed by atoms with Crippen LogP contribution >= 0.6 is 0 Å². The van der Waals surface area contributed by atoms with E-state index in [1.165, 1.54) is 6.92 Å². The van der Waals surface area contributed by atoms with E-state index >= 15 is 0 Å². The fourth-order valence-electron chi connectivity index (χ4n) is 1.98. The number of hydrogen-bond acceptors (Lipinski definition) is 5. The third kappa shape index (κ3) is 8.67. The van der Waals surface area contributed by atoms with Crippen LogP contribution in [0.25, 0.3) is 0 Å². The quantitative estimate of drug-likeness (QED) is 0.444. The van der Waals surface area contributed by atoms with Crippen LogP contribution in [0.15, 0.2) is 18.2 Å². The summed E-state index contributed by atoms with van der Waals surface area (Å²) in [5.74, 6) is -1.45. The van der Waals surface area contributed by atoms with Gasteiger partial charge in [0.2, 0.25) is 17.7 Å². The van der Waals surface area contributed by atoms with Crippen LogP contribution in [0.3, 0.4) is 0 Å². The van der Waals surface area contributed by atoms with Gasteiger partial charge in [-0.15, -0.1) is 0 Å². The highest BCUT2D eigenvalue weighted by Crippen LogP contribution is 2.21. The molecule has 0 aliphatic carbocycles. The zero-order valence-corrected chi connectivity index (χ0v) is 14.8. The number of hydrogen-bond donors (Lipinski definition) is 4. The van der Waals surface area contributed by atoms with Gasteiger partial charge in [0.1, 0.15) is 5.75 Å². The van der Waals surface area contributed by atoms with Crippen LogP contribution in [0.5, 0.6) is 5.75 Å². The first-order valence-corrected chi connectivity index (χ1v) is 8.04. The molecule has 0 atom stereocenters. The number of anilines is 1. The molecule has 0 aromatic heterocycles. The Kier molecular flexibility index (Phi) is 8.62. The number of amides is 3. The van der Waals surface area contributed by atoms with Gasteiger partial charge in [-0.3, -0.25) is 14.4 Å². The van der Waals surface area contributed by atoms with Crippen LogP contribution in [0, 0.1) is 6.92 Å². The van der Waals surface area contributed by atoms with E-state index in [1.54, 1.807) is 25.1 Å². The van der Waals surface area contributed by atoms with E-state index in [0.717, 1.165) is 0 Å². The predicted octanol–water partition coefficient (Wildman–Crippen LogP) is 0.429. The van der Waals surface area contributed by atoms with Crippen molar-refractivity contribution < 1.29 is 29.0 Å². The van der Waals surface area contributed by atoms with E-state index in [-0.39, 0.29) is 30.6 Å². The highest BCUT2D eigenvalue weighted by atomic mass is 16.5. The molecule has 0 fully saturated rings. The van der Waals surface area contributed by atoms with E-state index in [4.69, 9.17) is 9.84 Å². The minimum Gasteiger partial charge on any atom is -0.482 e. The van der Waals surface area contributed by atoms with Gasteiger partial charge in [0.05, 0.1) is 0 Å². The average Bonchev–Trinajstić information content (AvgIpc) is 2.57. The molecule has 0 saturated carbocycles. The summed E-state index contributed by atoms with van der Waals surface area (Å²) >= 11 is 0. The lowest BCUT2D eigenvalue weighted by Crippen LogP contribution is -2.33. The molecular weight excluding hydrogens is 342 g/mol. The Labute approximate surface area is 151 Å². The van der Waals surface area contributed by atoms with Gasteiger partial charge in [-0.1, -0.05) is 0 Å². The topological polar surface area (TPSA) is 134 Å². The molecule has 142 valence electrons. The molecule has 0 spiro atoms. The SMILES string of the molecule is CC(=O)NCCNC(=O)CCC(=O)Nc1ccc(OCC(=O)O)cc1C. The summed E-state index contributed by atoms with van der Waals surface area (Å²) in [5, 5.41) is 16.4. The van der Waals surface area contributed by atoms with Crippen molar-refractivity contribution in [3.8, 4) is 5.75 Å². The molecule has 1 aromatic carbocycles. The Hall–Kier alpha value is -3.10. The maximum absolute atomic E-state index is 11.9. The van der Waals surface area contributed by atoms with Gasteiger partial charge in [-0.2, -0.15) is 0 Å². The third-order valence-corrected chi connectivity index (χ3v) is 3.23. The van der Waals surface area contributed by atoms with Gasteiger partial charge in [0, 0.05) is 38.5 Å². The van der Waals surface area contributed by atoms with Crippen LogP contribution in [0.1, 0.15) is 25.3 Å². The second-order valence-electron chi connectivity index (χ2n) is 5.54. The van der Waals surface area contributed by atoms with E-state index in [9.17, 15) is 19.2 Å². The number of nitrogens with one attached hydrogen (secondary N) is 3. The first-order valence-electron chi connectivity index (χ1n) is 8.04. The normalized spacial score (nSPS) is 9.92. The van der Waals surface area contributed by atoms with Crippen LogP contribution in [-0.2, 0) is 19.2 Å². The monoisotopic (exact) mass is 365 g/mol. The van der Waals surface area contributed by atoms with Crippen molar-refractivity contribution in [2.75, 3.05) is 25.0 Å². The molecular formula is C17H23N3O6. The molecule has 4 N–H and O–H groups in total. The number of aliphatic carboxylic acids is 1. The molecule has 1 aromatic rings. The summed E-state index contributed by atoms with van der Waals surface area (Å²) in [6, 6.07) is 4.78. The van der Waals surface area contributed by atoms with Gasteiger partial charge in [-0.05, 0) is 30.7 Å². The number of carboxylic acid groups (broad SMARTS) is 1. The maximum atomic E-state index is 11.9. The highest BCUT2D eigenvalue weighted by molar-refractivity contribution is 5.93. The molecule has 0 heterocycles. The van der Waals surface area contributed by atoms with Crippen molar-refractivity contribution in [2.24, 2.45) is 0 Å². The summed E-state index contributed by atoms with van der Waals surface area (Å²) in [4.78, 5) is 44.7. The van der Waals surface area contributed by atoms with Crippen molar-refractivity contribution in [1.29, 1.82) is 0 Å². The summed E-state index contributed by atoms with van der Waals surface area (Å²) in [7, 11) is 0. The second kappa shape index (κ2) is 10.7. The predicted molar refractivity (Wildman–Crippen MR) is 93.9 cm³/mol. The molecule has 0 unspecified atom stereocenters. The molecule has 0 radical (unpaired) electrons. The van der Waals surface area contributed by atoms with Crippen molar-refractivity contribution in [3.05, 3.63) is 23.8 Å². The zero-order valence-electron chi connectivity index (χ0n) is 14.8. The van der Waals surface area contributed by atoms with Crippen LogP contribution < -0.4 is 20.7 Å². The van der Waals surface area contributed by atoms with Gasteiger partial charge in [0.25, 0.3) is 0 Å². The molecule has 9 heteroatoms. The largest absolute Gasteiger partial charge is 0.482 e. The van der Waals surface area contributed by atoms with E-state index in [0.29, 0.717) is 30.1 Å². The second-order valence-corrected chi connectivity index (χ2v) is 5.54. The molecule has 0 saturated heterocycles. The van der Waals surface area contributed by atoms with Crippen LogP contribution in [0.4, 0.5) is 5.69 Å². The summed E-state index contributed by atoms with van der Waals surface area (Å²) in [6.07, 6.45) is 0.0490. The van der Waals surface area contributed by atoms with Gasteiger partial charge in [-0.25, -0.2) is 4.79 Å². The summed E-state index contributed by atoms with van der Waals surface area (Å²) in [5.41, 5.74) is 1.27. The maximum Gasteiger partial charge on any atom is 0.341 e. The molecule has 1 rings (SSSR count). The smallest absolute Gasteiger partial charge is 0.341 e. The van der Waals surface area contributed by atoms with Crippen LogP contribution in [0.2, 0.25) is 0 Å². The van der Waals surface area contributed by atoms with Gasteiger partial charge >= 0.3 is 5.97 Å². The fraction of sp³-hybridized carbons (Fsp3) is 0.412. The lowest BCUT2D eigenvalue weighted by atomic mass is 10.2. The number of carbonyl (C=O) groups is 4. The number of benzene rings is 1. The number of rotatable bonds is 10. The lowest BCUT2D eigenvalue weighted by Gasteiger charge is -2.11. The van der Waals surface area contributed by atoms with Gasteiger partial charge in [0.15, 0.2) is 6.61 Å². The van der Waals surface area contributed by atoms with Crippen molar-refractivity contribution in [1.82, 2.24) is 10.6 Å². The minimum atomic E-state index is -1.07. The Balaban J connectivity index is 2.37. The first-order chi connectivity index (χ1) is 12.3. The van der Waals surface area contributed by atoms with E-state index in [2.05, 4.69) is 16.0 Å². The van der Waals surface area contributed by atoms with Gasteiger partial charge < -0.3 is 25.8 Å². The molecule has 9 nitrogen and oxygen atoms in total. The standard InChI is InChI=1S/C17H23N3O6/c1-11-9-13(26-10-17(24)25)3-4-14(11)20-16(23)6-5-15(22)19-8-7-18-12(2)21/h3-4,9H,5-8,10H2,1-2H3,(H,18,21)(H,19,22)(H,20,23)(H,24,25). The fourth-order valence-corrected chi connectivity index (χ4v) is 1.98. The number of carbonyl (C=O) groups excluding carboxylic acids is 3.